The van der Waals surface area contributed by atoms with Crippen LogP contribution in [-0.4, -0.2) is 38.3 Å². The Morgan fingerprint density at radius 1 is 1.13 bits per heavy atom. The van der Waals surface area contributed by atoms with Gasteiger partial charge in [-0.1, -0.05) is 27.7 Å². The fourth-order valence-electron chi connectivity index (χ4n) is 4.03. The van der Waals surface area contributed by atoms with Crippen molar-refractivity contribution in [1.29, 1.82) is 0 Å². The fraction of sp³-hybridized carbons (Fsp3) is 0.947. The Bertz CT molecular complexity index is 381. The van der Waals surface area contributed by atoms with Crippen molar-refractivity contribution in [3.8, 4) is 0 Å². The van der Waals surface area contributed by atoms with Gasteiger partial charge in [-0.2, -0.15) is 0 Å². The number of nitrogens with zero attached hydrogens (tertiary/aromatic N) is 1. The molecule has 2 atom stereocenters. The lowest BCUT2D eigenvalue weighted by Crippen LogP contribution is -2.49. The van der Waals surface area contributed by atoms with Crippen LogP contribution in [0.15, 0.2) is 4.99 Å². The van der Waals surface area contributed by atoms with Crippen LogP contribution < -0.4 is 10.6 Å². The molecular weight excluding hydrogens is 286 g/mol. The van der Waals surface area contributed by atoms with Gasteiger partial charge >= 0.3 is 0 Å². The third-order valence-corrected chi connectivity index (χ3v) is 5.41. The first-order chi connectivity index (χ1) is 10.9. The molecular formula is C19H37N3O. The third-order valence-electron chi connectivity index (χ3n) is 5.41. The van der Waals surface area contributed by atoms with Crippen LogP contribution in [0.1, 0.15) is 66.2 Å². The lowest BCUT2D eigenvalue weighted by molar-refractivity contribution is -0.0835. The van der Waals surface area contributed by atoms with Gasteiger partial charge in [0.15, 0.2) is 5.96 Å². The Hall–Kier alpha value is -0.770. The first-order valence-corrected chi connectivity index (χ1v) is 9.49. The van der Waals surface area contributed by atoms with E-state index in [9.17, 15) is 0 Å². The predicted molar refractivity (Wildman–Crippen MR) is 97.8 cm³/mol. The van der Waals surface area contributed by atoms with Crippen molar-refractivity contribution < 1.29 is 4.74 Å². The van der Waals surface area contributed by atoms with E-state index in [1.165, 1.54) is 38.5 Å². The highest BCUT2D eigenvalue weighted by Gasteiger charge is 2.35. The fourth-order valence-corrected chi connectivity index (χ4v) is 4.03. The van der Waals surface area contributed by atoms with Crippen LogP contribution in [0.25, 0.3) is 0 Å². The molecule has 2 unspecified atom stereocenters. The van der Waals surface area contributed by atoms with Crippen molar-refractivity contribution in [2.75, 3.05) is 20.2 Å². The van der Waals surface area contributed by atoms with E-state index in [0.29, 0.717) is 18.1 Å². The Morgan fingerprint density at radius 2 is 1.83 bits per heavy atom. The standard InChI is InChI=1S/C19H37N3O/c1-14-8-10-16(11-9-14)22-18(20-5)21-13-15-7-6-12-23-17(15)19(2,3)4/h14-17H,6-13H2,1-5H3,(H2,20,21,22). The van der Waals surface area contributed by atoms with Gasteiger partial charge in [0, 0.05) is 32.2 Å². The summed E-state index contributed by atoms with van der Waals surface area (Å²) in [6.07, 6.45) is 7.93. The Balaban J connectivity index is 1.82. The third kappa shape index (κ3) is 5.66. The van der Waals surface area contributed by atoms with Crippen LogP contribution >= 0.6 is 0 Å². The van der Waals surface area contributed by atoms with Gasteiger partial charge < -0.3 is 15.4 Å². The molecule has 0 amide bonds. The van der Waals surface area contributed by atoms with Crippen LogP contribution in [-0.2, 0) is 4.74 Å². The molecule has 2 N–H and O–H groups in total. The molecule has 134 valence electrons. The summed E-state index contributed by atoms with van der Waals surface area (Å²) in [5, 5.41) is 7.18. The van der Waals surface area contributed by atoms with Crippen LogP contribution in [0.3, 0.4) is 0 Å². The van der Waals surface area contributed by atoms with Crippen LogP contribution in [0, 0.1) is 17.3 Å². The molecule has 2 aliphatic rings. The van der Waals surface area contributed by atoms with Crippen molar-refractivity contribution in [3.63, 3.8) is 0 Å². The van der Waals surface area contributed by atoms with E-state index in [0.717, 1.165) is 25.0 Å². The zero-order chi connectivity index (χ0) is 16.9. The van der Waals surface area contributed by atoms with Crippen LogP contribution in [0.5, 0.6) is 0 Å². The summed E-state index contributed by atoms with van der Waals surface area (Å²) in [6, 6.07) is 0.582. The molecule has 0 aromatic rings. The Labute approximate surface area is 142 Å². The van der Waals surface area contributed by atoms with E-state index in [1.807, 2.05) is 7.05 Å². The molecule has 0 aromatic heterocycles. The normalized spacial score (nSPS) is 33.3. The molecule has 0 bridgehead atoms. The lowest BCUT2D eigenvalue weighted by Gasteiger charge is -2.40. The number of nitrogens with one attached hydrogen (secondary N) is 2. The molecule has 4 nitrogen and oxygen atoms in total. The number of rotatable bonds is 3. The second kappa shape index (κ2) is 8.36. The molecule has 1 aliphatic carbocycles. The number of aliphatic imine (C=N–C) groups is 1. The predicted octanol–water partition coefficient (Wildman–Crippen LogP) is 3.57. The molecule has 1 saturated heterocycles. The molecule has 1 heterocycles. The van der Waals surface area contributed by atoms with E-state index in [-0.39, 0.29) is 5.41 Å². The van der Waals surface area contributed by atoms with E-state index in [1.54, 1.807) is 0 Å². The average molecular weight is 324 g/mol. The van der Waals surface area contributed by atoms with E-state index in [4.69, 9.17) is 4.74 Å². The zero-order valence-corrected chi connectivity index (χ0v) is 15.8. The first kappa shape index (κ1) is 18.6. The second-order valence-corrected chi connectivity index (χ2v) is 8.61. The highest BCUT2D eigenvalue weighted by Crippen LogP contribution is 2.33. The van der Waals surface area contributed by atoms with Crippen molar-refractivity contribution in [2.45, 2.75) is 78.4 Å². The molecule has 0 radical (unpaired) electrons. The molecule has 23 heavy (non-hydrogen) atoms. The van der Waals surface area contributed by atoms with Gasteiger partial charge in [0.05, 0.1) is 6.10 Å². The Kier molecular flexibility index (Phi) is 6.75. The summed E-state index contributed by atoms with van der Waals surface area (Å²) < 4.78 is 6.08. The van der Waals surface area contributed by atoms with E-state index >= 15 is 0 Å². The van der Waals surface area contributed by atoms with Gasteiger partial charge in [-0.25, -0.2) is 0 Å². The minimum Gasteiger partial charge on any atom is -0.377 e. The number of guanidine groups is 1. The summed E-state index contributed by atoms with van der Waals surface area (Å²) in [5.74, 6) is 2.41. The van der Waals surface area contributed by atoms with E-state index in [2.05, 4.69) is 43.3 Å². The maximum Gasteiger partial charge on any atom is 0.191 e. The van der Waals surface area contributed by atoms with Crippen molar-refractivity contribution in [2.24, 2.45) is 22.2 Å². The van der Waals surface area contributed by atoms with Crippen LogP contribution in [0.4, 0.5) is 0 Å². The molecule has 0 spiro atoms. The average Bonchev–Trinajstić information content (AvgIpc) is 2.52. The monoisotopic (exact) mass is 323 g/mol. The SMILES string of the molecule is CN=C(NCC1CCCOC1C(C)(C)C)NC1CCC(C)CC1. The van der Waals surface area contributed by atoms with Gasteiger partial charge in [0.1, 0.15) is 0 Å². The lowest BCUT2D eigenvalue weighted by atomic mass is 9.78. The topological polar surface area (TPSA) is 45.7 Å². The maximum atomic E-state index is 6.08. The van der Waals surface area contributed by atoms with Gasteiger partial charge in [-0.15, -0.1) is 0 Å². The quantitative estimate of drug-likeness (QED) is 0.616. The van der Waals surface area contributed by atoms with Gasteiger partial charge in [0.25, 0.3) is 0 Å². The molecule has 1 aliphatic heterocycles. The summed E-state index contributed by atoms with van der Waals surface area (Å²) in [5.41, 5.74) is 0.198. The smallest absolute Gasteiger partial charge is 0.191 e. The summed E-state index contributed by atoms with van der Waals surface area (Å²) >= 11 is 0. The molecule has 4 heteroatoms. The molecule has 2 rings (SSSR count). The molecule has 2 fully saturated rings. The Morgan fingerprint density at radius 3 is 2.43 bits per heavy atom. The van der Waals surface area contributed by atoms with Crippen LogP contribution in [0.2, 0.25) is 0 Å². The molecule has 0 aromatic carbocycles. The maximum absolute atomic E-state index is 6.08. The van der Waals surface area contributed by atoms with Crippen molar-refractivity contribution >= 4 is 5.96 Å². The molecule has 1 saturated carbocycles. The van der Waals surface area contributed by atoms with Gasteiger partial charge in [-0.05, 0) is 49.9 Å². The minimum atomic E-state index is 0.198. The summed E-state index contributed by atoms with van der Waals surface area (Å²) in [4.78, 5) is 4.43. The zero-order valence-electron chi connectivity index (χ0n) is 15.8. The van der Waals surface area contributed by atoms with Crippen molar-refractivity contribution in [3.05, 3.63) is 0 Å². The van der Waals surface area contributed by atoms with Crippen molar-refractivity contribution in [1.82, 2.24) is 10.6 Å². The number of ether oxygens (including phenoxy) is 1. The first-order valence-electron chi connectivity index (χ1n) is 9.49. The highest BCUT2D eigenvalue weighted by molar-refractivity contribution is 5.79. The number of hydrogen-bond donors (Lipinski definition) is 2. The summed E-state index contributed by atoms with van der Waals surface area (Å²) in [6.45, 7) is 11.1. The van der Waals surface area contributed by atoms with E-state index < -0.39 is 0 Å². The summed E-state index contributed by atoms with van der Waals surface area (Å²) in [7, 11) is 1.87. The van der Waals surface area contributed by atoms with Gasteiger partial charge in [0.2, 0.25) is 0 Å². The number of hydrogen-bond acceptors (Lipinski definition) is 2. The minimum absolute atomic E-state index is 0.198. The van der Waals surface area contributed by atoms with Gasteiger partial charge in [-0.3, -0.25) is 4.99 Å². The second-order valence-electron chi connectivity index (χ2n) is 8.61. The highest BCUT2D eigenvalue weighted by atomic mass is 16.5. The largest absolute Gasteiger partial charge is 0.377 e.